The van der Waals surface area contributed by atoms with Crippen molar-refractivity contribution in [2.24, 2.45) is 0 Å². The first-order chi connectivity index (χ1) is 12.8. The van der Waals surface area contributed by atoms with Crippen molar-refractivity contribution in [2.45, 2.75) is 30.7 Å². The van der Waals surface area contributed by atoms with Gasteiger partial charge in [-0.05, 0) is 62.2 Å². The monoisotopic (exact) mass is 380 g/mol. The number of carbonyl (C=O) groups excluding carboxylic acids is 1. The molecule has 0 aliphatic rings. The predicted octanol–water partition coefficient (Wildman–Crippen LogP) is 4.09. The van der Waals surface area contributed by atoms with Gasteiger partial charge < -0.3 is 5.32 Å². The average Bonchev–Trinajstić information content (AvgIpc) is 2.66. The van der Waals surface area contributed by atoms with E-state index >= 15 is 0 Å². The lowest BCUT2D eigenvalue weighted by Gasteiger charge is -2.10. The number of aromatic nitrogens is 1. The summed E-state index contributed by atoms with van der Waals surface area (Å²) in [5, 5.41) is 2.75. The molecule has 0 bridgehead atoms. The first-order valence-electron chi connectivity index (χ1n) is 8.44. The molecule has 3 rings (SSSR count). The van der Waals surface area contributed by atoms with Gasteiger partial charge in [0.15, 0.2) is 5.03 Å². The summed E-state index contributed by atoms with van der Waals surface area (Å²) in [5.74, 6) is -0.338. The molecule has 0 unspecified atom stereocenters. The van der Waals surface area contributed by atoms with Crippen molar-refractivity contribution < 1.29 is 13.2 Å². The van der Waals surface area contributed by atoms with E-state index in [9.17, 15) is 13.2 Å². The summed E-state index contributed by atoms with van der Waals surface area (Å²) in [5.41, 5.74) is 4.04. The molecule has 0 aliphatic heterocycles. The number of hydrogen-bond donors (Lipinski definition) is 1. The van der Waals surface area contributed by atoms with Gasteiger partial charge in [-0.15, -0.1) is 0 Å². The van der Waals surface area contributed by atoms with Gasteiger partial charge in [0.05, 0.1) is 10.5 Å². The first kappa shape index (κ1) is 18.8. The summed E-state index contributed by atoms with van der Waals surface area (Å²) in [6, 6.07) is 15.1. The third kappa shape index (κ3) is 3.90. The van der Waals surface area contributed by atoms with E-state index in [1.807, 2.05) is 39.0 Å². The van der Waals surface area contributed by atoms with Crippen molar-refractivity contribution in [1.29, 1.82) is 0 Å². The molecule has 0 saturated carbocycles. The molecule has 0 spiro atoms. The van der Waals surface area contributed by atoms with Crippen LogP contribution in [0.4, 0.5) is 5.69 Å². The summed E-state index contributed by atoms with van der Waals surface area (Å²) in [6.45, 7) is 5.79. The Balaban J connectivity index is 1.83. The van der Waals surface area contributed by atoms with Crippen LogP contribution in [-0.2, 0) is 9.84 Å². The van der Waals surface area contributed by atoms with E-state index in [0.29, 0.717) is 5.56 Å². The maximum Gasteiger partial charge on any atom is 0.257 e. The number of nitrogens with one attached hydrogen (secondary N) is 1. The van der Waals surface area contributed by atoms with E-state index < -0.39 is 9.84 Å². The van der Waals surface area contributed by atoms with Crippen LogP contribution in [0.25, 0.3) is 0 Å². The Morgan fingerprint density at radius 1 is 0.926 bits per heavy atom. The molecule has 2 aromatic carbocycles. The Bertz CT molecular complexity index is 1090. The zero-order valence-electron chi connectivity index (χ0n) is 15.4. The largest absolute Gasteiger partial charge is 0.322 e. The van der Waals surface area contributed by atoms with Gasteiger partial charge >= 0.3 is 0 Å². The molecule has 1 N–H and O–H groups in total. The summed E-state index contributed by atoms with van der Waals surface area (Å²) < 4.78 is 25.3. The van der Waals surface area contributed by atoms with E-state index in [1.54, 1.807) is 24.3 Å². The van der Waals surface area contributed by atoms with Crippen molar-refractivity contribution in [3.63, 3.8) is 0 Å². The summed E-state index contributed by atoms with van der Waals surface area (Å²) >= 11 is 0. The summed E-state index contributed by atoms with van der Waals surface area (Å²) in [7, 11) is -3.71. The summed E-state index contributed by atoms with van der Waals surface area (Å²) in [4.78, 5) is 16.6. The second-order valence-electron chi connectivity index (χ2n) is 6.40. The van der Waals surface area contributed by atoms with Crippen LogP contribution in [0, 0.1) is 20.8 Å². The van der Waals surface area contributed by atoms with Crippen LogP contribution in [0.15, 0.2) is 70.7 Å². The zero-order chi connectivity index (χ0) is 19.6. The lowest BCUT2D eigenvalue weighted by atomic mass is 10.1. The van der Waals surface area contributed by atoms with Gasteiger partial charge in [0.2, 0.25) is 9.84 Å². The minimum atomic E-state index is -3.71. The maximum atomic E-state index is 12.6. The molecule has 1 heterocycles. The molecule has 3 aromatic rings. The lowest BCUT2D eigenvalue weighted by Crippen LogP contribution is -2.14. The van der Waals surface area contributed by atoms with Gasteiger partial charge in [-0.3, -0.25) is 4.79 Å². The van der Waals surface area contributed by atoms with Crippen LogP contribution in [-0.4, -0.2) is 19.3 Å². The normalized spacial score (nSPS) is 11.2. The van der Waals surface area contributed by atoms with E-state index in [2.05, 4.69) is 10.3 Å². The molecule has 27 heavy (non-hydrogen) atoms. The SMILES string of the molecule is Cc1ccc(S(=O)(=O)c2ccc(C(=O)Nc3cccc(C)c3C)cn2)cc1. The molecule has 1 amide bonds. The van der Waals surface area contributed by atoms with E-state index in [1.165, 1.54) is 18.3 Å². The highest BCUT2D eigenvalue weighted by Crippen LogP contribution is 2.21. The van der Waals surface area contributed by atoms with Crippen LogP contribution in [0.1, 0.15) is 27.0 Å². The van der Waals surface area contributed by atoms with Gasteiger partial charge in [-0.2, -0.15) is 0 Å². The third-order valence-corrected chi connectivity index (χ3v) is 6.14. The van der Waals surface area contributed by atoms with Gasteiger partial charge in [0.25, 0.3) is 5.91 Å². The molecule has 0 atom stereocenters. The van der Waals surface area contributed by atoms with Crippen molar-refractivity contribution in [3.8, 4) is 0 Å². The van der Waals surface area contributed by atoms with Crippen LogP contribution in [0.2, 0.25) is 0 Å². The number of aryl methyl sites for hydroxylation is 2. The molecule has 5 nitrogen and oxygen atoms in total. The van der Waals surface area contributed by atoms with Crippen molar-refractivity contribution in [1.82, 2.24) is 4.98 Å². The van der Waals surface area contributed by atoms with E-state index in [0.717, 1.165) is 22.4 Å². The fourth-order valence-electron chi connectivity index (χ4n) is 2.59. The average molecular weight is 380 g/mol. The van der Waals surface area contributed by atoms with Gasteiger partial charge in [-0.25, -0.2) is 13.4 Å². The highest BCUT2D eigenvalue weighted by atomic mass is 32.2. The minimum Gasteiger partial charge on any atom is -0.322 e. The Labute approximate surface area is 159 Å². The van der Waals surface area contributed by atoms with Crippen LogP contribution in [0.3, 0.4) is 0 Å². The predicted molar refractivity (Wildman–Crippen MR) is 105 cm³/mol. The molecule has 0 fully saturated rings. The Kier molecular flexibility index (Phi) is 5.10. The topological polar surface area (TPSA) is 76.1 Å². The second kappa shape index (κ2) is 7.32. The molecular weight excluding hydrogens is 360 g/mol. The van der Waals surface area contributed by atoms with Crippen LogP contribution < -0.4 is 5.32 Å². The highest BCUT2D eigenvalue weighted by Gasteiger charge is 2.19. The molecule has 1 aromatic heterocycles. The number of carbonyl (C=O) groups is 1. The Morgan fingerprint density at radius 2 is 1.63 bits per heavy atom. The number of nitrogens with zero attached hydrogens (tertiary/aromatic N) is 1. The van der Waals surface area contributed by atoms with Gasteiger partial charge in [0.1, 0.15) is 0 Å². The number of rotatable bonds is 4. The standard InChI is InChI=1S/C21H20N2O3S/c1-14-7-10-18(11-8-14)27(25,26)20-12-9-17(13-22-20)21(24)23-19-6-4-5-15(2)16(19)3/h4-13H,1-3H3,(H,23,24). The lowest BCUT2D eigenvalue weighted by molar-refractivity contribution is 0.102. The fraction of sp³-hybridized carbons (Fsp3) is 0.143. The Morgan fingerprint density at radius 3 is 2.26 bits per heavy atom. The maximum absolute atomic E-state index is 12.6. The number of sulfone groups is 1. The van der Waals surface area contributed by atoms with Crippen LogP contribution in [0.5, 0.6) is 0 Å². The number of anilines is 1. The smallest absolute Gasteiger partial charge is 0.257 e. The Hall–Kier alpha value is -2.99. The molecule has 0 saturated heterocycles. The van der Waals surface area contributed by atoms with E-state index in [-0.39, 0.29) is 15.8 Å². The fourth-order valence-corrected chi connectivity index (χ4v) is 3.77. The number of amides is 1. The number of benzene rings is 2. The van der Waals surface area contributed by atoms with Crippen molar-refractivity contribution in [3.05, 3.63) is 83.0 Å². The number of pyridine rings is 1. The second-order valence-corrected chi connectivity index (χ2v) is 8.30. The quantitative estimate of drug-likeness (QED) is 0.740. The first-order valence-corrected chi connectivity index (χ1v) is 9.93. The third-order valence-electron chi connectivity index (χ3n) is 4.46. The molecule has 6 heteroatoms. The van der Waals surface area contributed by atoms with Crippen molar-refractivity contribution in [2.75, 3.05) is 5.32 Å². The zero-order valence-corrected chi connectivity index (χ0v) is 16.2. The van der Waals surface area contributed by atoms with Crippen LogP contribution >= 0.6 is 0 Å². The molecule has 0 radical (unpaired) electrons. The van der Waals surface area contributed by atoms with Crippen molar-refractivity contribution >= 4 is 21.4 Å². The molecule has 0 aliphatic carbocycles. The molecular formula is C21H20N2O3S. The number of hydrogen-bond acceptors (Lipinski definition) is 4. The van der Waals surface area contributed by atoms with E-state index in [4.69, 9.17) is 0 Å². The van der Waals surface area contributed by atoms with Gasteiger partial charge in [-0.1, -0.05) is 29.8 Å². The highest BCUT2D eigenvalue weighted by molar-refractivity contribution is 7.91. The summed E-state index contributed by atoms with van der Waals surface area (Å²) in [6.07, 6.45) is 1.28. The molecule has 138 valence electrons. The minimum absolute atomic E-state index is 0.0883. The van der Waals surface area contributed by atoms with Gasteiger partial charge in [0, 0.05) is 11.9 Å².